The monoisotopic (exact) mass is 363 g/mol. The molecule has 0 unspecified atom stereocenters. The molecule has 0 aliphatic heterocycles. The van der Waals surface area contributed by atoms with E-state index in [2.05, 4.69) is 74.8 Å². The van der Waals surface area contributed by atoms with E-state index in [1.807, 2.05) is 18.0 Å². The number of rotatable bonds is 7. The number of aromatic amines is 1. The number of anilines is 4. The van der Waals surface area contributed by atoms with Gasteiger partial charge < -0.3 is 15.1 Å². The fraction of sp³-hybridized carbons (Fsp3) is 0.350. The summed E-state index contributed by atoms with van der Waals surface area (Å²) in [5.74, 6) is 2.94. The molecule has 0 spiro atoms. The molecule has 0 atom stereocenters. The molecule has 27 heavy (non-hydrogen) atoms. The zero-order valence-corrected chi connectivity index (χ0v) is 16.0. The van der Waals surface area contributed by atoms with E-state index < -0.39 is 0 Å². The molecule has 0 radical (unpaired) electrons. The van der Waals surface area contributed by atoms with Gasteiger partial charge in [0.25, 0.3) is 0 Å². The Morgan fingerprint density at radius 2 is 1.89 bits per heavy atom. The van der Waals surface area contributed by atoms with Gasteiger partial charge in [0, 0.05) is 37.5 Å². The van der Waals surface area contributed by atoms with Gasteiger partial charge in [-0.1, -0.05) is 12.1 Å². The number of nitrogens with zero attached hydrogens (tertiary/aromatic N) is 5. The van der Waals surface area contributed by atoms with Crippen molar-refractivity contribution >= 4 is 23.3 Å². The van der Waals surface area contributed by atoms with Crippen LogP contribution in [0.4, 0.5) is 23.3 Å². The average Bonchev–Trinajstić information content (AvgIpc) is 3.39. The summed E-state index contributed by atoms with van der Waals surface area (Å²) >= 11 is 0. The SMILES string of the molecule is CN(C)Cc1ccc(Nc2nccc(N(C)c3cc(C4CC4)n[nH]3)n2)cc1. The smallest absolute Gasteiger partial charge is 0.229 e. The van der Waals surface area contributed by atoms with E-state index in [1.165, 1.54) is 18.4 Å². The van der Waals surface area contributed by atoms with Crippen LogP contribution in [-0.2, 0) is 6.54 Å². The molecule has 1 aliphatic carbocycles. The number of hydrogen-bond donors (Lipinski definition) is 2. The lowest BCUT2D eigenvalue weighted by molar-refractivity contribution is 0.402. The third-order valence-electron chi connectivity index (χ3n) is 4.63. The summed E-state index contributed by atoms with van der Waals surface area (Å²) < 4.78 is 0. The van der Waals surface area contributed by atoms with Crippen molar-refractivity contribution in [3.05, 3.63) is 53.9 Å². The van der Waals surface area contributed by atoms with Crippen LogP contribution in [0, 0.1) is 0 Å². The van der Waals surface area contributed by atoms with Gasteiger partial charge in [-0.3, -0.25) is 5.10 Å². The van der Waals surface area contributed by atoms with Gasteiger partial charge in [-0.05, 0) is 50.7 Å². The Morgan fingerprint density at radius 1 is 1.11 bits per heavy atom. The van der Waals surface area contributed by atoms with Crippen molar-refractivity contribution in [3.63, 3.8) is 0 Å². The Labute approximate surface area is 159 Å². The van der Waals surface area contributed by atoms with Crippen molar-refractivity contribution in [2.45, 2.75) is 25.3 Å². The molecule has 0 amide bonds. The Morgan fingerprint density at radius 3 is 2.59 bits per heavy atom. The molecule has 3 aromatic rings. The van der Waals surface area contributed by atoms with Crippen molar-refractivity contribution in [1.29, 1.82) is 0 Å². The second-order valence-corrected chi connectivity index (χ2v) is 7.31. The minimum Gasteiger partial charge on any atom is -0.324 e. The zero-order chi connectivity index (χ0) is 18.8. The number of benzene rings is 1. The standard InChI is InChI=1S/C20H25N7/c1-26(2)13-14-4-8-16(9-5-14)22-20-21-11-10-18(23-20)27(3)19-12-17(24-25-19)15-6-7-15/h4-5,8-12,15H,6-7,13H2,1-3H3,(H,24,25)(H,21,22,23). The van der Waals surface area contributed by atoms with Crippen LogP contribution in [0.2, 0.25) is 0 Å². The molecule has 0 saturated heterocycles. The van der Waals surface area contributed by atoms with Crippen LogP contribution in [0.25, 0.3) is 0 Å². The zero-order valence-electron chi connectivity index (χ0n) is 16.0. The lowest BCUT2D eigenvalue weighted by Crippen LogP contribution is -2.13. The highest BCUT2D eigenvalue weighted by molar-refractivity contribution is 5.59. The summed E-state index contributed by atoms with van der Waals surface area (Å²) in [7, 11) is 6.11. The molecular weight excluding hydrogens is 338 g/mol. The van der Waals surface area contributed by atoms with Gasteiger partial charge in [0.15, 0.2) is 0 Å². The van der Waals surface area contributed by atoms with Crippen LogP contribution in [0.5, 0.6) is 0 Å². The number of nitrogens with one attached hydrogen (secondary N) is 2. The molecular formula is C20H25N7. The van der Waals surface area contributed by atoms with Crippen LogP contribution in [-0.4, -0.2) is 46.2 Å². The Hall–Kier alpha value is -2.93. The van der Waals surface area contributed by atoms with E-state index in [9.17, 15) is 0 Å². The molecule has 4 rings (SSSR count). The predicted molar refractivity (Wildman–Crippen MR) is 108 cm³/mol. The van der Waals surface area contributed by atoms with E-state index in [4.69, 9.17) is 0 Å². The molecule has 140 valence electrons. The minimum atomic E-state index is 0.571. The Bertz CT molecular complexity index is 897. The van der Waals surface area contributed by atoms with Gasteiger partial charge in [-0.25, -0.2) is 4.98 Å². The molecule has 1 aliphatic rings. The fourth-order valence-electron chi connectivity index (χ4n) is 2.99. The van der Waals surface area contributed by atoms with E-state index in [0.717, 1.165) is 29.6 Å². The van der Waals surface area contributed by atoms with E-state index in [1.54, 1.807) is 6.20 Å². The van der Waals surface area contributed by atoms with Crippen molar-refractivity contribution in [1.82, 2.24) is 25.1 Å². The summed E-state index contributed by atoms with van der Waals surface area (Å²) in [6.45, 7) is 0.921. The van der Waals surface area contributed by atoms with Gasteiger partial charge in [0.2, 0.25) is 5.95 Å². The van der Waals surface area contributed by atoms with Gasteiger partial charge >= 0.3 is 0 Å². The Balaban J connectivity index is 1.46. The molecule has 1 saturated carbocycles. The van der Waals surface area contributed by atoms with Crippen LogP contribution in [0.1, 0.15) is 30.0 Å². The fourth-order valence-corrected chi connectivity index (χ4v) is 2.99. The largest absolute Gasteiger partial charge is 0.324 e. The first-order chi connectivity index (χ1) is 13.1. The maximum Gasteiger partial charge on any atom is 0.229 e. The van der Waals surface area contributed by atoms with Crippen LogP contribution < -0.4 is 10.2 Å². The molecule has 2 aromatic heterocycles. The van der Waals surface area contributed by atoms with Crippen LogP contribution >= 0.6 is 0 Å². The van der Waals surface area contributed by atoms with Crippen LogP contribution in [0.15, 0.2) is 42.6 Å². The van der Waals surface area contributed by atoms with E-state index >= 15 is 0 Å². The quantitative estimate of drug-likeness (QED) is 0.667. The number of hydrogen-bond acceptors (Lipinski definition) is 6. The summed E-state index contributed by atoms with van der Waals surface area (Å²) in [6, 6.07) is 12.3. The lowest BCUT2D eigenvalue weighted by Gasteiger charge is -2.16. The molecule has 0 bridgehead atoms. The van der Waals surface area contributed by atoms with Crippen molar-refractivity contribution in [2.75, 3.05) is 31.4 Å². The Kier molecular flexibility index (Phi) is 4.77. The van der Waals surface area contributed by atoms with Gasteiger partial charge in [-0.15, -0.1) is 0 Å². The first kappa shape index (κ1) is 17.5. The van der Waals surface area contributed by atoms with Crippen molar-refractivity contribution in [3.8, 4) is 0 Å². The third-order valence-corrected chi connectivity index (χ3v) is 4.63. The highest BCUT2D eigenvalue weighted by Crippen LogP contribution is 2.40. The van der Waals surface area contributed by atoms with Crippen molar-refractivity contribution in [2.24, 2.45) is 0 Å². The molecule has 1 aromatic carbocycles. The highest BCUT2D eigenvalue weighted by atomic mass is 15.3. The number of H-pyrrole nitrogens is 1. The van der Waals surface area contributed by atoms with Crippen molar-refractivity contribution < 1.29 is 0 Å². The molecule has 7 heteroatoms. The second kappa shape index (κ2) is 7.36. The maximum atomic E-state index is 4.63. The summed E-state index contributed by atoms with van der Waals surface area (Å²) in [4.78, 5) is 13.1. The molecule has 7 nitrogen and oxygen atoms in total. The summed E-state index contributed by atoms with van der Waals surface area (Å²) in [5, 5.41) is 10.8. The second-order valence-electron chi connectivity index (χ2n) is 7.31. The first-order valence-corrected chi connectivity index (χ1v) is 9.21. The van der Waals surface area contributed by atoms with Gasteiger partial charge in [0.05, 0.1) is 5.69 Å². The average molecular weight is 363 g/mol. The van der Waals surface area contributed by atoms with E-state index in [0.29, 0.717) is 11.9 Å². The van der Waals surface area contributed by atoms with Crippen LogP contribution in [0.3, 0.4) is 0 Å². The highest BCUT2D eigenvalue weighted by Gasteiger charge is 2.26. The maximum absolute atomic E-state index is 4.63. The normalized spacial score (nSPS) is 13.8. The van der Waals surface area contributed by atoms with Gasteiger partial charge in [0.1, 0.15) is 11.6 Å². The predicted octanol–water partition coefficient (Wildman–Crippen LogP) is 3.65. The summed E-state index contributed by atoms with van der Waals surface area (Å²) in [6.07, 6.45) is 4.24. The molecule has 2 N–H and O–H groups in total. The lowest BCUT2D eigenvalue weighted by atomic mass is 10.2. The molecule has 2 heterocycles. The topological polar surface area (TPSA) is 73.0 Å². The van der Waals surface area contributed by atoms with Gasteiger partial charge in [-0.2, -0.15) is 10.1 Å². The third kappa shape index (κ3) is 4.25. The summed E-state index contributed by atoms with van der Waals surface area (Å²) in [5.41, 5.74) is 3.38. The van der Waals surface area contributed by atoms with E-state index in [-0.39, 0.29) is 0 Å². The number of aromatic nitrogens is 4. The minimum absolute atomic E-state index is 0.571. The molecule has 1 fully saturated rings. The first-order valence-electron chi connectivity index (χ1n) is 9.21.